The van der Waals surface area contributed by atoms with Crippen LogP contribution in [0.4, 0.5) is 0 Å². The third-order valence-electron chi connectivity index (χ3n) is 3.49. The summed E-state index contributed by atoms with van der Waals surface area (Å²) in [6, 6.07) is 17.6. The van der Waals surface area contributed by atoms with E-state index >= 15 is 0 Å². The molecule has 0 radical (unpaired) electrons. The molecule has 98 valence electrons. The topological polar surface area (TPSA) is 37.3 Å². The fourth-order valence-corrected chi connectivity index (χ4v) is 2.56. The second-order valence-corrected chi connectivity index (χ2v) is 4.89. The highest BCUT2D eigenvalue weighted by Gasteiger charge is 2.12. The maximum atomic E-state index is 11.1. The summed E-state index contributed by atoms with van der Waals surface area (Å²) in [6.07, 6.45) is 0.691. The molecule has 0 aliphatic rings. The van der Waals surface area contributed by atoms with Gasteiger partial charge in [0, 0.05) is 5.56 Å². The number of aromatic hydroxyl groups is 1. The quantitative estimate of drug-likeness (QED) is 0.698. The summed E-state index contributed by atoms with van der Waals surface area (Å²) >= 11 is 0. The number of carbonyl (C=O) groups excluding carboxylic acids is 1. The first-order valence-electron chi connectivity index (χ1n) is 6.47. The monoisotopic (exact) mass is 262 g/mol. The molecule has 0 heterocycles. The number of carbonyl (C=O) groups is 1. The van der Waals surface area contributed by atoms with Crippen molar-refractivity contribution in [3.63, 3.8) is 0 Å². The zero-order valence-corrected chi connectivity index (χ0v) is 11.1. The second-order valence-electron chi connectivity index (χ2n) is 4.89. The lowest BCUT2D eigenvalue weighted by Crippen LogP contribution is -1.89. The number of phenolic OH excluding ortho intramolecular Hbond substituents is 1. The molecule has 0 aliphatic heterocycles. The Morgan fingerprint density at radius 1 is 0.950 bits per heavy atom. The average molecular weight is 262 g/mol. The summed E-state index contributed by atoms with van der Waals surface area (Å²) in [5, 5.41) is 12.5. The van der Waals surface area contributed by atoms with Gasteiger partial charge < -0.3 is 5.11 Å². The van der Waals surface area contributed by atoms with Gasteiger partial charge in [0.1, 0.15) is 5.75 Å². The number of rotatable bonds is 2. The molecule has 0 aliphatic carbocycles. The van der Waals surface area contributed by atoms with Crippen molar-refractivity contribution in [1.29, 1.82) is 0 Å². The first-order chi connectivity index (χ1) is 9.70. The van der Waals surface area contributed by atoms with E-state index in [9.17, 15) is 9.90 Å². The number of hydrogen-bond donors (Lipinski definition) is 1. The van der Waals surface area contributed by atoms with Crippen LogP contribution in [-0.4, -0.2) is 11.4 Å². The van der Waals surface area contributed by atoms with Crippen LogP contribution < -0.4 is 0 Å². The third-order valence-corrected chi connectivity index (χ3v) is 3.49. The first-order valence-corrected chi connectivity index (χ1v) is 6.47. The Balaban J connectivity index is 2.37. The van der Waals surface area contributed by atoms with Crippen LogP contribution >= 0.6 is 0 Å². The molecule has 0 spiro atoms. The minimum Gasteiger partial charge on any atom is -0.507 e. The summed E-state index contributed by atoms with van der Waals surface area (Å²) in [7, 11) is 0. The smallest absolute Gasteiger partial charge is 0.153 e. The van der Waals surface area contributed by atoms with Gasteiger partial charge in [0.25, 0.3) is 0 Å². The summed E-state index contributed by atoms with van der Waals surface area (Å²) < 4.78 is 0. The van der Waals surface area contributed by atoms with E-state index in [4.69, 9.17) is 0 Å². The van der Waals surface area contributed by atoms with Gasteiger partial charge in [-0.15, -0.1) is 0 Å². The molecule has 0 bridgehead atoms. The molecule has 0 fully saturated rings. The molecule has 3 rings (SSSR count). The first kappa shape index (κ1) is 12.4. The molecule has 20 heavy (non-hydrogen) atoms. The molecule has 2 heteroatoms. The van der Waals surface area contributed by atoms with Crippen LogP contribution in [0.3, 0.4) is 0 Å². The van der Waals surface area contributed by atoms with E-state index in [1.54, 1.807) is 6.07 Å². The Morgan fingerprint density at radius 2 is 1.70 bits per heavy atom. The van der Waals surface area contributed by atoms with Crippen LogP contribution in [0.2, 0.25) is 0 Å². The highest BCUT2D eigenvalue weighted by atomic mass is 16.3. The van der Waals surface area contributed by atoms with Gasteiger partial charge in [0.05, 0.1) is 5.56 Å². The number of aldehydes is 1. The van der Waals surface area contributed by atoms with Crippen molar-refractivity contribution < 1.29 is 9.90 Å². The fourth-order valence-electron chi connectivity index (χ4n) is 2.56. The third kappa shape index (κ3) is 1.95. The van der Waals surface area contributed by atoms with E-state index in [2.05, 4.69) is 0 Å². The molecule has 0 aromatic heterocycles. The van der Waals surface area contributed by atoms with E-state index in [1.165, 1.54) is 0 Å². The maximum Gasteiger partial charge on any atom is 0.153 e. The van der Waals surface area contributed by atoms with Crippen LogP contribution in [0.15, 0.2) is 54.6 Å². The number of phenols is 1. The zero-order chi connectivity index (χ0) is 14.1. The molecular formula is C18H14O2. The van der Waals surface area contributed by atoms with Crippen LogP contribution in [0.5, 0.6) is 5.75 Å². The maximum absolute atomic E-state index is 11.1. The van der Waals surface area contributed by atoms with Crippen LogP contribution in [0, 0.1) is 6.92 Å². The van der Waals surface area contributed by atoms with Crippen molar-refractivity contribution in [2.75, 3.05) is 0 Å². The highest BCUT2D eigenvalue weighted by Crippen LogP contribution is 2.36. The minimum absolute atomic E-state index is 0.0435. The largest absolute Gasteiger partial charge is 0.507 e. The van der Waals surface area contributed by atoms with Gasteiger partial charge in [-0.1, -0.05) is 42.5 Å². The van der Waals surface area contributed by atoms with Gasteiger partial charge in [-0.2, -0.15) is 0 Å². The molecule has 0 saturated carbocycles. The standard InChI is InChI=1S/C18H14O2/c1-12-9-14(11-19)18(20)17(10-12)16-8-4-6-13-5-2-3-7-15(13)16/h2-11,20H,1H3. The number of fused-ring (bicyclic) bond motifs is 1. The van der Waals surface area contributed by atoms with Crippen LogP contribution in [0.25, 0.3) is 21.9 Å². The predicted molar refractivity (Wildman–Crippen MR) is 81.2 cm³/mol. The second kappa shape index (κ2) is 4.82. The van der Waals surface area contributed by atoms with Gasteiger partial charge in [-0.3, -0.25) is 4.79 Å². The van der Waals surface area contributed by atoms with Gasteiger partial charge in [0.15, 0.2) is 6.29 Å². The van der Waals surface area contributed by atoms with Crippen LogP contribution in [0.1, 0.15) is 15.9 Å². The minimum atomic E-state index is 0.0435. The Kier molecular flexibility index (Phi) is 2.99. The summed E-state index contributed by atoms with van der Waals surface area (Å²) in [5.41, 5.74) is 2.91. The van der Waals surface area contributed by atoms with E-state index < -0.39 is 0 Å². The molecule has 3 aromatic carbocycles. The van der Waals surface area contributed by atoms with E-state index in [0.29, 0.717) is 17.4 Å². The Labute approximate surface area is 117 Å². The van der Waals surface area contributed by atoms with Crippen molar-refractivity contribution in [3.05, 3.63) is 65.7 Å². The van der Waals surface area contributed by atoms with Crippen molar-refractivity contribution in [3.8, 4) is 16.9 Å². The molecule has 1 N–H and O–H groups in total. The van der Waals surface area contributed by atoms with Crippen molar-refractivity contribution in [2.24, 2.45) is 0 Å². The molecule has 0 unspecified atom stereocenters. The fraction of sp³-hybridized carbons (Fsp3) is 0.0556. The van der Waals surface area contributed by atoms with E-state index in [-0.39, 0.29) is 5.75 Å². The Morgan fingerprint density at radius 3 is 2.50 bits per heavy atom. The molecule has 0 atom stereocenters. The number of benzene rings is 3. The molecule has 2 nitrogen and oxygen atoms in total. The molecule has 0 saturated heterocycles. The normalized spacial score (nSPS) is 10.7. The zero-order valence-electron chi connectivity index (χ0n) is 11.1. The van der Waals surface area contributed by atoms with Crippen molar-refractivity contribution >= 4 is 17.1 Å². The van der Waals surface area contributed by atoms with E-state index in [0.717, 1.165) is 21.9 Å². The van der Waals surface area contributed by atoms with Crippen molar-refractivity contribution in [1.82, 2.24) is 0 Å². The predicted octanol–water partition coefficient (Wildman–Crippen LogP) is 4.33. The lowest BCUT2D eigenvalue weighted by molar-refractivity contribution is 0.112. The Hall–Kier alpha value is -2.61. The van der Waals surface area contributed by atoms with Crippen molar-refractivity contribution in [2.45, 2.75) is 6.92 Å². The molecule has 0 amide bonds. The van der Waals surface area contributed by atoms with Gasteiger partial charge >= 0.3 is 0 Å². The van der Waals surface area contributed by atoms with E-state index in [1.807, 2.05) is 55.5 Å². The SMILES string of the molecule is Cc1cc(C=O)c(O)c(-c2cccc3ccccc23)c1. The highest BCUT2D eigenvalue weighted by molar-refractivity contribution is 5.99. The van der Waals surface area contributed by atoms with Crippen LogP contribution in [-0.2, 0) is 0 Å². The summed E-state index contributed by atoms with van der Waals surface area (Å²) in [5.74, 6) is 0.0435. The summed E-state index contributed by atoms with van der Waals surface area (Å²) in [6.45, 7) is 1.92. The van der Waals surface area contributed by atoms with Gasteiger partial charge in [0.2, 0.25) is 0 Å². The average Bonchev–Trinajstić information content (AvgIpc) is 2.48. The molecule has 3 aromatic rings. The van der Waals surface area contributed by atoms with Gasteiger partial charge in [-0.25, -0.2) is 0 Å². The number of aryl methyl sites for hydroxylation is 1. The Bertz CT molecular complexity index is 798. The number of hydrogen-bond acceptors (Lipinski definition) is 2. The lowest BCUT2D eigenvalue weighted by atomic mass is 9.94. The van der Waals surface area contributed by atoms with Gasteiger partial charge in [-0.05, 0) is 41.0 Å². The molecular weight excluding hydrogens is 248 g/mol. The summed E-state index contributed by atoms with van der Waals surface area (Å²) in [4.78, 5) is 11.1. The lowest BCUT2D eigenvalue weighted by Gasteiger charge is -2.11.